The molecule has 0 saturated carbocycles. The molecular weight excluding hydrogens is 176 g/mol. The Bertz CT molecular complexity index is 207. The standard InChI is InChI=1S/C8H14O5/c1-3-8(4-2,7(12)13)5(9)6(10)11/h5,9H,3-4H2,1-2H3,(H,10,11)(H,12,13)/t5-/m0/s1. The van der Waals surface area contributed by atoms with Crippen LogP contribution in [0, 0.1) is 5.41 Å². The summed E-state index contributed by atoms with van der Waals surface area (Å²) in [5, 5.41) is 26.6. The minimum absolute atomic E-state index is 0.0896. The fraction of sp³-hybridized carbons (Fsp3) is 0.750. The maximum atomic E-state index is 10.8. The first-order valence-electron chi connectivity index (χ1n) is 4.06. The van der Waals surface area contributed by atoms with Gasteiger partial charge in [0.25, 0.3) is 0 Å². The number of carboxylic acids is 2. The summed E-state index contributed by atoms with van der Waals surface area (Å²) in [6, 6.07) is 0. The van der Waals surface area contributed by atoms with E-state index < -0.39 is 23.5 Å². The van der Waals surface area contributed by atoms with Crippen LogP contribution in [0.15, 0.2) is 0 Å². The zero-order valence-electron chi connectivity index (χ0n) is 7.65. The predicted octanol–water partition coefficient (Wildman–Crippen LogP) is 0.323. The van der Waals surface area contributed by atoms with E-state index in [0.29, 0.717) is 0 Å². The highest BCUT2D eigenvalue weighted by Gasteiger charge is 2.46. The number of aliphatic carboxylic acids is 2. The average Bonchev–Trinajstić information content (AvgIpc) is 2.06. The third kappa shape index (κ3) is 1.98. The van der Waals surface area contributed by atoms with Crippen molar-refractivity contribution in [3.05, 3.63) is 0 Å². The van der Waals surface area contributed by atoms with Gasteiger partial charge in [0.1, 0.15) is 5.41 Å². The molecule has 0 spiro atoms. The molecule has 0 rings (SSSR count). The summed E-state index contributed by atoms with van der Waals surface area (Å²) in [5.74, 6) is -2.77. The molecule has 0 aliphatic heterocycles. The second-order valence-corrected chi connectivity index (χ2v) is 2.91. The summed E-state index contributed by atoms with van der Waals surface area (Å²) in [5.41, 5.74) is -1.56. The quantitative estimate of drug-likeness (QED) is 0.580. The van der Waals surface area contributed by atoms with Crippen molar-refractivity contribution in [3.63, 3.8) is 0 Å². The molecule has 0 bridgehead atoms. The lowest BCUT2D eigenvalue weighted by Gasteiger charge is -2.29. The fourth-order valence-electron chi connectivity index (χ4n) is 1.29. The largest absolute Gasteiger partial charge is 0.481 e. The Morgan fingerprint density at radius 1 is 1.23 bits per heavy atom. The van der Waals surface area contributed by atoms with E-state index in [-0.39, 0.29) is 12.8 Å². The molecule has 3 N–H and O–H groups in total. The molecule has 76 valence electrons. The molecule has 5 heteroatoms. The van der Waals surface area contributed by atoms with Crippen LogP contribution in [0.4, 0.5) is 0 Å². The monoisotopic (exact) mass is 190 g/mol. The Hall–Kier alpha value is -1.10. The molecule has 0 fully saturated rings. The zero-order valence-corrected chi connectivity index (χ0v) is 7.65. The van der Waals surface area contributed by atoms with Gasteiger partial charge in [0.2, 0.25) is 0 Å². The fourth-order valence-corrected chi connectivity index (χ4v) is 1.29. The lowest BCUT2D eigenvalue weighted by Crippen LogP contribution is -2.46. The number of aliphatic hydroxyl groups is 1. The van der Waals surface area contributed by atoms with Gasteiger partial charge in [0, 0.05) is 0 Å². The van der Waals surface area contributed by atoms with E-state index in [1.165, 1.54) is 0 Å². The van der Waals surface area contributed by atoms with Gasteiger partial charge in [-0.05, 0) is 12.8 Å². The van der Waals surface area contributed by atoms with E-state index in [4.69, 9.17) is 10.2 Å². The second-order valence-electron chi connectivity index (χ2n) is 2.91. The first-order valence-corrected chi connectivity index (χ1v) is 4.06. The number of carbonyl (C=O) groups is 2. The summed E-state index contributed by atoms with van der Waals surface area (Å²) in [4.78, 5) is 21.3. The van der Waals surface area contributed by atoms with Gasteiger partial charge >= 0.3 is 11.9 Å². The van der Waals surface area contributed by atoms with Crippen LogP contribution in [-0.4, -0.2) is 33.4 Å². The third-order valence-electron chi connectivity index (χ3n) is 2.45. The van der Waals surface area contributed by atoms with Crippen LogP contribution in [0.1, 0.15) is 26.7 Å². The van der Waals surface area contributed by atoms with Crippen molar-refractivity contribution in [2.24, 2.45) is 5.41 Å². The molecule has 0 amide bonds. The molecule has 0 aromatic carbocycles. The van der Waals surface area contributed by atoms with Crippen LogP contribution in [0.25, 0.3) is 0 Å². The van der Waals surface area contributed by atoms with Gasteiger partial charge in [0.15, 0.2) is 6.10 Å². The van der Waals surface area contributed by atoms with E-state index in [1.807, 2.05) is 0 Å². The molecule has 0 aliphatic carbocycles. The Morgan fingerprint density at radius 2 is 1.62 bits per heavy atom. The van der Waals surface area contributed by atoms with Crippen LogP contribution in [0.2, 0.25) is 0 Å². The van der Waals surface area contributed by atoms with E-state index in [9.17, 15) is 14.7 Å². The van der Waals surface area contributed by atoms with Crippen molar-refractivity contribution in [2.45, 2.75) is 32.8 Å². The highest BCUT2D eigenvalue weighted by atomic mass is 16.4. The van der Waals surface area contributed by atoms with Crippen molar-refractivity contribution >= 4 is 11.9 Å². The molecule has 0 unspecified atom stereocenters. The maximum absolute atomic E-state index is 10.8. The summed E-state index contributed by atoms with van der Waals surface area (Å²) < 4.78 is 0. The Morgan fingerprint density at radius 3 is 1.69 bits per heavy atom. The molecule has 13 heavy (non-hydrogen) atoms. The Balaban J connectivity index is 4.97. The lowest BCUT2D eigenvalue weighted by atomic mass is 9.77. The molecule has 0 radical (unpaired) electrons. The van der Waals surface area contributed by atoms with Crippen LogP contribution in [0.5, 0.6) is 0 Å². The number of carboxylic acid groups (broad SMARTS) is 2. The third-order valence-corrected chi connectivity index (χ3v) is 2.45. The average molecular weight is 190 g/mol. The van der Waals surface area contributed by atoms with E-state index in [1.54, 1.807) is 13.8 Å². The number of hydrogen-bond donors (Lipinski definition) is 3. The van der Waals surface area contributed by atoms with Crippen molar-refractivity contribution in [3.8, 4) is 0 Å². The van der Waals surface area contributed by atoms with Gasteiger partial charge in [0.05, 0.1) is 0 Å². The van der Waals surface area contributed by atoms with Crippen LogP contribution < -0.4 is 0 Å². The topological polar surface area (TPSA) is 94.8 Å². The van der Waals surface area contributed by atoms with Gasteiger partial charge in [-0.2, -0.15) is 0 Å². The molecule has 0 aliphatic rings. The molecule has 0 saturated heterocycles. The van der Waals surface area contributed by atoms with Gasteiger partial charge in [-0.1, -0.05) is 13.8 Å². The highest BCUT2D eigenvalue weighted by molar-refractivity contribution is 5.84. The number of hydrogen-bond acceptors (Lipinski definition) is 3. The molecular formula is C8H14O5. The van der Waals surface area contributed by atoms with Gasteiger partial charge < -0.3 is 15.3 Å². The van der Waals surface area contributed by atoms with Crippen molar-refractivity contribution in [1.29, 1.82) is 0 Å². The van der Waals surface area contributed by atoms with Gasteiger partial charge in [-0.3, -0.25) is 4.79 Å². The smallest absolute Gasteiger partial charge is 0.333 e. The number of aliphatic hydroxyl groups excluding tert-OH is 1. The minimum Gasteiger partial charge on any atom is -0.481 e. The normalized spacial score (nSPS) is 13.8. The molecule has 0 heterocycles. The van der Waals surface area contributed by atoms with Gasteiger partial charge in [-0.15, -0.1) is 0 Å². The van der Waals surface area contributed by atoms with Crippen molar-refractivity contribution < 1.29 is 24.9 Å². The minimum atomic E-state index is -1.85. The van der Waals surface area contributed by atoms with Crippen LogP contribution >= 0.6 is 0 Å². The van der Waals surface area contributed by atoms with Crippen molar-refractivity contribution in [1.82, 2.24) is 0 Å². The summed E-state index contributed by atoms with van der Waals surface area (Å²) in [6.07, 6.45) is -1.67. The number of rotatable bonds is 5. The Kier molecular flexibility index (Phi) is 3.87. The first kappa shape index (κ1) is 11.9. The van der Waals surface area contributed by atoms with E-state index in [2.05, 4.69) is 0 Å². The highest BCUT2D eigenvalue weighted by Crippen LogP contribution is 2.31. The Labute approximate surface area is 76.0 Å². The van der Waals surface area contributed by atoms with E-state index in [0.717, 1.165) is 0 Å². The molecule has 1 atom stereocenters. The second kappa shape index (κ2) is 4.23. The zero-order chi connectivity index (χ0) is 10.6. The summed E-state index contributed by atoms with van der Waals surface area (Å²) >= 11 is 0. The van der Waals surface area contributed by atoms with Gasteiger partial charge in [-0.25, -0.2) is 4.79 Å². The molecule has 0 aromatic rings. The van der Waals surface area contributed by atoms with E-state index >= 15 is 0 Å². The summed E-state index contributed by atoms with van der Waals surface area (Å²) in [7, 11) is 0. The lowest BCUT2D eigenvalue weighted by molar-refractivity contribution is -0.170. The van der Waals surface area contributed by atoms with Crippen molar-refractivity contribution in [2.75, 3.05) is 0 Å². The molecule has 5 nitrogen and oxygen atoms in total. The predicted molar refractivity (Wildman–Crippen MR) is 44.3 cm³/mol. The SMILES string of the molecule is CCC(CC)(C(=O)O)[C@@H](O)C(=O)O. The van der Waals surface area contributed by atoms with Crippen LogP contribution in [-0.2, 0) is 9.59 Å². The summed E-state index contributed by atoms with van der Waals surface area (Å²) in [6.45, 7) is 3.09. The molecule has 0 aromatic heterocycles. The maximum Gasteiger partial charge on any atom is 0.333 e. The van der Waals surface area contributed by atoms with Crippen LogP contribution in [0.3, 0.4) is 0 Å². The first-order chi connectivity index (χ1) is 5.92.